The molecule has 1 amide bonds. The molecule has 110 valence electrons. The van der Waals surface area contributed by atoms with Crippen molar-refractivity contribution in [3.05, 3.63) is 23.8 Å². The van der Waals surface area contributed by atoms with Gasteiger partial charge in [0.25, 0.3) is 0 Å². The highest BCUT2D eigenvalue weighted by Gasteiger charge is 2.20. The van der Waals surface area contributed by atoms with Gasteiger partial charge in [-0.2, -0.15) is 0 Å². The first kappa shape index (κ1) is 15.8. The molecule has 0 aliphatic rings. The molecule has 0 bridgehead atoms. The van der Waals surface area contributed by atoms with Crippen LogP contribution in [0, 0.1) is 0 Å². The molecular formula is C13H17NO6. The lowest BCUT2D eigenvalue weighted by Gasteiger charge is -2.15. The Labute approximate surface area is 115 Å². The Morgan fingerprint density at radius 3 is 2.55 bits per heavy atom. The van der Waals surface area contributed by atoms with E-state index in [-0.39, 0.29) is 30.9 Å². The number of methoxy groups -OCH3 is 1. The first-order chi connectivity index (χ1) is 9.43. The zero-order chi connectivity index (χ0) is 15.1. The Morgan fingerprint density at radius 1 is 1.30 bits per heavy atom. The number of phenols is 2. The summed E-state index contributed by atoms with van der Waals surface area (Å²) in [6, 6.07) is 2.89. The van der Waals surface area contributed by atoms with Crippen molar-refractivity contribution in [2.24, 2.45) is 0 Å². The number of phenolic OH excluding ortho intramolecular Hbond substituents is 2. The van der Waals surface area contributed by atoms with Gasteiger partial charge >= 0.3 is 5.97 Å². The molecule has 1 aromatic rings. The second-order valence-corrected chi connectivity index (χ2v) is 4.23. The van der Waals surface area contributed by atoms with E-state index >= 15 is 0 Å². The molecule has 0 radical (unpaired) electrons. The van der Waals surface area contributed by atoms with E-state index in [4.69, 9.17) is 9.84 Å². The molecule has 0 heterocycles. The topological polar surface area (TPSA) is 116 Å². The minimum Gasteiger partial charge on any atom is -0.504 e. The molecule has 1 rings (SSSR count). The summed E-state index contributed by atoms with van der Waals surface area (Å²) in [5.41, 5.74) is 0.486. The number of aliphatic carboxylic acids is 1. The highest BCUT2D eigenvalue weighted by molar-refractivity contribution is 5.83. The van der Waals surface area contributed by atoms with Gasteiger partial charge in [-0.05, 0) is 17.7 Å². The van der Waals surface area contributed by atoms with Crippen LogP contribution < -0.4 is 5.32 Å². The number of amides is 1. The van der Waals surface area contributed by atoms with Gasteiger partial charge in [0.2, 0.25) is 5.91 Å². The maximum absolute atomic E-state index is 11.5. The first-order valence-corrected chi connectivity index (χ1v) is 5.96. The van der Waals surface area contributed by atoms with Gasteiger partial charge in [0.1, 0.15) is 6.04 Å². The molecule has 0 aromatic heterocycles. The number of carboxylic acids is 1. The van der Waals surface area contributed by atoms with Gasteiger partial charge in [-0.3, -0.25) is 4.79 Å². The highest BCUT2D eigenvalue weighted by Crippen LogP contribution is 2.25. The summed E-state index contributed by atoms with van der Waals surface area (Å²) >= 11 is 0. The second-order valence-electron chi connectivity index (χ2n) is 4.23. The van der Waals surface area contributed by atoms with Crippen molar-refractivity contribution in [2.75, 3.05) is 13.7 Å². The van der Waals surface area contributed by atoms with Crippen molar-refractivity contribution in [3.8, 4) is 11.5 Å². The van der Waals surface area contributed by atoms with Crippen LogP contribution in [0.5, 0.6) is 11.5 Å². The van der Waals surface area contributed by atoms with Gasteiger partial charge in [-0.15, -0.1) is 0 Å². The summed E-state index contributed by atoms with van der Waals surface area (Å²) in [6.07, 6.45) is 0.0724. The lowest BCUT2D eigenvalue weighted by atomic mass is 10.1. The fourth-order valence-corrected chi connectivity index (χ4v) is 1.59. The minimum atomic E-state index is -1.18. The molecule has 20 heavy (non-hydrogen) atoms. The van der Waals surface area contributed by atoms with E-state index in [1.54, 1.807) is 0 Å². The van der Waals surface area contributed by atoms with Gasteiger partial charge in [-0.1, -0.05) is 6.07 Å². The molecule has 0 aliphatic heterocycles. The number of carbonyl (C=O) groups is 2. The largest absolute Gasteiger partial charge is 0.504 e. The van der Waals surface area contributed by atoms with Crippen LogP contribution >= 0.6 is 0 Å². The van der Waals surface area contributed by atoms with Crippen LogP contribution in [0.1, 0.15) is 12.0 Å². The smallest absolute Gasteiger partial charge is 0.326 e. The van der Waals surface area contributed by atoms with E-state index in [1.165, 1.54) is 25.3 Å². The van der Waals surface area contributed by atoms with E-state index in [9.17, 15) is 19.8 Å². The Bertz CT molecular complexity index is 488. The van der Waals surface area contributed by atoms with E-state index in [0.717, 1.165) is 0 Å². The SMILES string of the molecule is COCCC(=O)N[C@@H](Cc1ccc(O)c(O)c1)C(=O)O. The third kappa shape index (κ3) is 4.77. The number of aromatic hydroxyl groups is 2. The molecule has 0 saturated carbocycles. The van der Waals surface area contributed by atoms with E-state index in [0.29, 0.717) is 5.56 Å². The summed E-state index contributed by atoms with van der Waals surface area (Å²) in [4.78, 5) is 22.6. The predicted octanol–water partition coefficient (Wildman–Crippen LogP) is 0.246. The fraction of sp³-hybridized carbons (Fsp3) is 0.385. The van der Waals surface area contributed by atoms with Crippen LogP contribution in [0.4, 0.5) is 0 Å². The quantitative estimate of drug-likeness (QED) is 0.533. The molecular weight excluding hydrogens is 266 g/mol. The third-order valence-electron chi connectivity index (χ3n) is 2.65. The number of hydrogen-bond acceptors (Lipinski definition) is 5. The van der Waals surface area contributed by atoms with Crippen molar-refractivity contribution in [1.29, 1.82) is 0 Å². The summed E-state index contributed by atoms with van der Waals surface area (Å²) in [6.45, 7) is 0.207. The average molecular weight is 283 g/mol. The Morgan fingerprint density at radius 2 is 2.00 bits per heavy atom. The first-order valence-electron chi connectivity index (χ1n) is 5.96. The van der Waals surface area contributed by atoms with Gasteiger partial charge in [0.15, 0.2) is 11.5 Å². The number of carboxylic acid groups (broad SMARTS) is 1. The number of rotatable bonds is 7. The number of ether oxygens (including phenoxy) is 1. The van der Waals surface area contributed by atoms with Crippen molar-refractivity contribution >= 4 is 11.9 Å². The number of hydrogen-bond donors (Lipinski definition) is 4. The number of benzene rings is 1. The molecule has 1 aromatic carbocycles. The standard InChI is InChI=1S/C13H17NO6/c1-20-5-4-12(17)14-9(13(18)19)6-8-2-3-10(15)11(16)7-8/h2-3,7,9,15-16H,4-6H2,1H3,(H,14,17)(H,18,19)/t9-/m0/s1. The summed E-state index contributed by atoms with van der Waals surface area (Å²) < 4.78 is 4.73. The van der Waals surface area contributed by atoms with Crippen LogP contribution in [0.3, 0.4) is 0 Å². The van der Waals surface area contributed by atoms with Crippen molar-refractivity contribution in [3.63, 3.8) is 0 Å². The van der Waals surface area contributed by atoms with Crippen LogP contribution in [-0.4, -0.2) is 47.0 Å². The molecule has 0 saturated heterocycles. The molecule has 0 spiro atoms. The average Bonchev–Trinajstić information content (AvgIpc) is 2.39. The lowest BCUT2D eigenvalue weighted by Crippen LogP contribution is -2.42. The molecule has 7 nitrogen and oxygen atoms in total. The Balaban J connectivity index is 2.69. The van der Waals surface area contributed by atoms with Crippen LogP contribution in [0.25, 0.3) is 0 Å². The fourth-order valence-electron chi connectivity index (χ4n) is 1.59. The predicted molar refractivity (Wildman–Crippen MR) is 69.5 cm³/mol. The number of nitrogens with one attached hydrogen (secondary N) is 1. The van der Waals surface area contributed by atoms with Crippen molar-refractivity contribution in [1.82, 2.24) is 5.32 Å². The van der Waals surface area contributed by atoms with Gasteiger partial charge in [-0.25, -0.2) is 4.79 Å². The lowest BCUT2D eigenvalue weighted by molar-refractivity contribution is -0.141. The maximum atomic E-state index is 11.5. The monoisotopic (exact) mass is 283 g/mol. The molecule has 0 fully saturated rings. The van der Waals surface area contributed by atoms with Crippen LogP contribution in [0.15, 0.2) is 18.2 Å². The zero-order valence-corrected chi connectivity index (χ0v) is 11.0. The van der Waals surface area contributed by atoms with Gasteiger partial charge in [0.05, 0.1) is 6.61 Å². The third-order valence-corrected chi connectivity index (χ3v) is 2.65. The van der Waals surface area contributed by atoms with Crippen molar-refractivity contribution in [2.45, 2.75) is 18.9 Å². The minimum absolute atomic E-state index is 0.00188. The van der Waals surface area contributed by atoms with E-state index < -0.39 is 17.9 Å². The second kappa shape index (κ2) is 7.34. The van der Waals surface area contributed by atoms with E-state index in [1.807, 2.05) is 0 Å². The molecule has 1 atom stereocenters. The van der Waals surface area contributed by atoms with E-state index in [2.05, 4.69) is 5.32 Å². The van der Waals surface area contributed by atoms with Crippen LogP contribution in [-0.2, 0) is 20.7 Å². The molecule has 0 aliphatic carbocycles. The number of carbonyl (C=O) groups excluding carboxylic acids is 1. The van der Waals surface area contributed by atoms with Crippen molar-refractivity contribution < 1.29 is 29.6 Å². The Hall–Kier alpha value is -2.28. The van der Waals surface area contributed by atoms with Crippen LogP contribution in [0.2, 0.25) is 0 Å². The Kier molecular flexibility index (Phi) is 5.79. The highest BCUT2D eigenvalue weighted by atomic mass is 16.5. The maximum Gasteiger partial charge on any atom is 0.326 e. The normalized spacial score (nSPS) is 11.8. The van der Waals surface area contributed by atoms with Gasteiger partial charge < -0.3 is 25.4 Å². The molecule has 0 unspecified atom stereocenters. The summed E-state index contributed by atoms with van der Waals surface area (Å²) in [5, 5.41) is 30.0. The summed E-state index contributed by atoms with van der Waals surface area (Å²) in [5.74, 6) is -2.23. The summed E-state index contributed by atoms with van der Waals surface area (Å²) in [7, 11) is 1.45. The molecule has 7 heteroatoms. The van der Waals surface area contributed by atoms with Gasteiger partial charge in [0, 0.05) is 20.0 Å². The zero-order valence-electron chi connectivity index (χ0n) is 11.0. The molecule has 4 N–H and O–H groups in total.